The Labute approximate surface area is 284 Å². The lowest BCUT2D eigenvalue weighted by atomic mass is 10.1. The highest BCUT2D eigenvalue weighted by molar-refractivity contribution is 5.85. The largest absolute Gasteiger partial charge is 0.487 e. The zero-order valence-corrected chi connectivity index (χ0v) is 27.4. The number of non-ortho nitro benzene ring substituents is 1. The number of aromatic nitrogens is 2. The normalized spacial score (nSPS) is 17.2. The second kappa shape index (κ2) is 17.7. The van der Waals surface area contributed by atoms with Gasteiger partial charge in [0, 0.05) is 43.5 Å². The van der Waals surface area contributed by atoms with E-state index in [4.69, 9.17) is 43.1 Å². The number of anilines is 3. The van der Waals surface area contributed by atoms with Crippen molar-refractivity contribution in [3.63, 3.8) is 0 Å². The van der Waals surface area contributed by atoms with E-state index in [2.05, 4.69) is 21.9 Å². The molecule has 3 heterocycles. The van der Waals surface area contributed by atoms with E-state index in [1.807, 2.05) is 36.4 Å². The summed E-state index contributed by atoms with van der Waals surface area (Å²) in [5.41, 5.74) is 2.78. The van der Waals surface area contributed by atoms with Crippen molar-refractivity contribution in [3.05, 3.63) is 82.4 Å². The van der Waals surface area contributed by atoms with E-state index in [0.717, 1.165) is 11.3 Å². The number of hydrogen-bond acceptors (Lipinski definition) is 13. The van der Waals surface area contributed by atoms with Crippen LogP contribution in [0.15, 0.2) is 66.7 Å². The molecule has 1 fully saturated rings. The van der Waals surface area contributed by atoms with E-state index in [1.54, 1.807) is 6.07 Å². The molecular formula is C35H41N5O9. The third kappa shape index (κ3) is 9.52. The van der Waals surface area contributed by atoms with Gasteiger partial charge in [-0.15, -0.1) is 0 Å². The molecule has 49 heavy (non-hydrogen) atoms. The van der Waals surface area contributed by atoms with Crippen LogP contribution in [0.25, 0.3) is 11.0 Å². The molecule has 0 bridgehead atoms. The summed E-state index contributed by atoms with van der Waals surface area (Å²) in [6.45, 7) is 6.92. The zero-order valence-electron chi connectivity index (χ0n) is 27.4. The Balaban J connectivity index is 1.38. The quantitative estimate of drug-likeness (QED) is 0.209. The van der Waals surface area contributed by atoms with Crippen molar-refractivity contribution in [1.82, 2.24) is 9.97 Å². The predicted molar refractivity (Wildman–Crippen MR) is 182 cm³/mol. The van der Waals surface area contributed by atoms with Gasteiger partial charge in [0.1, 0.15) is 13.2 Å². The molecule has 2 aliphatic rings. The minimum absolute atomic E-state index is 0.0422. The summed E-state index contributed by atoms with van der Waals surface area (Å²) in [4.78, 5) is 25.5. The van der Waals surface area contributed by atoms with E-state index in [0.29, 0.717) is 133 Å². The van der Waals surface area contributed by atoms with Gasteiger partial charge in [-0.1, -0.05) is 30.3 Å². The molecule has 0 saturated carbocycles. The number of nitro groups is 1. The number of nitrogens with zero attached hydrogens (tertiary/aromatic N) is 5. The molecule has 260 valence electrons. The lowest BCUT2D eigenvalue weighted by Gasteiger charge is -2.33. The van der Waals surface area contributed by atoms with Crippen LogP contribution in [0.1, 0.15) is 5.56 Å². The molecule has 1 aromatic heterocycles. The first-order valence-electron chi connectivity index (χ1n) is 16.5. The molecule has 4 aromatic rings. The van der Waals surface area contributed by atoms with Crippen LogP contribution in [0, 0.1) is 10.1 Å². The SMILES string of the molecule is O=[N+]([O-])c1ccc2nc(N(Cc3ccccc3)c3ccc4c(c3)OCCOCCOCCOCCOCCO4)c(N3CCOCC3)nc2c1. The molecule has 2 aliphatic heterocycles. The fraction of sp³-hybridized carbons (Fsp3) is 0.429. The molecule has 0 N–H and O–H groups in total. The highest BCUT2D eigenvalue weighted by Gasteiger charge is 2.25. The Morgan fingerprint density at radius 2 is 1.27 bits per heavy atom. The number of morpholine rings is 1. The van der Waals surface area contributed by atoms with Gasteiger partial charge in [0.25, 0.3) is 5.69 Å². The summed E-state index contributed by atoms with van der Waals surface area (Å²) < 4.78 is 40.5. The maximum Gasteiger partial charge on any atom is 0.271 e. The maximum atomic E-state index is 11.6. The van der Waals surface area contributed by atoms with Crippen molar-refractivity contribution in [2.45, 2.75) is 6.54 Å². The lowest BCUT2D eigenvalue weighted by molar-refractivity contribution is -0.384. The maximum absolute atomic E-state index is 11.6. The summed E-state index contributed by atoms with van der Waals surface area (Å²) in [5, 5.41) is 11.6. The van der Waals surface area contributed by atoms with Crippen molar-refractivity contribution < 1.29 is 38.1 Å². The van der Waals surface area contributed by atoms with Gasteiger partial charge in [-0.2, -0.15) is 0 Å². The van der Waals surface area contributed by atoms with Crippen LogP contribution in [-0.4, -0.2) is 107 Å². The number of benzene rings is 3. The fourth-order valence-corrected chi connectivity index (χ4v) is 5.44. The first-order valence-corrected chi connectivity index (χ1v) is 16.5. The van der Waals surface area contributed by atoms with Gasteiger partial charge in [0.2, 0.25) is 0 Å². The molecule has 0 atom stereocenters. The minimum Gasteiger partial charge on any atom is -0.487 e. The highest BCUT2D eigenvalue weighted by Crippen LogP contribution is 2.39. The molecule has 0 unspecified atom stereocenters. The molecule has 6 rings (SSSR count). The summed E-state index contributed by atoms with van der Waals surface area (Å²) >= 11 is 0. The topological polar surface area (TPSA) is 140 Å². The molecule has 14 nitrogen and oxygen atoms in total. The van der Waals surface area contributed by atoms with Gasteiger partial charge < -0.3 is 43.0 Å². The second-order valence-corrected chi connectivity index (χ2v) is 11.2. The van der Waals surface area contributed by atoms with Gasteiger partial charge in [-0.05, 0) is 23.8 Å². The smallest absolute Gasteiger partial charge is 0.271 e. The van der Waals surface area contributed by atoms with E-state index < -0.39 is 4.92 Å². The van der Waals surface area contributed by atoms with Crippen LogP contribution in [0.2, 0.25) is 0 Å². The molecule has 3 aromatic carbocycles. The Bertz CT molecular complexity index is 1660. The van der Waals surface area contributed by atoms with Crippen molar-refractivity contribution in [2.75, 3.05) is 102 Å². The third-order valence-electron chi connectivity index (χ3n) is 7.90. The molecule has 0 aliphatic carbocycles. The summed E-state index contributed by atoms with van der Waals surface area (Å²) in [6.07, 6.45) is 0. The van der Waals surface area contributed by atoms with E-state index >= 15 is 0 Å². The summed E-state index contributed by atoms with van der Waals surface area (Å²) in [7, 11) is 0. The Morgan fingerprint density at radius 3 is 1.92 bits per heavy atom. The third-order valence-corrected chi connectivity index (χ3v) is 7.90. The van der Waals surface area contributed by atoms with Crippen LogP contribution in [0.3, 0.4) is 0 Å². The van der Waals surface area contributed by atoms with E-state index in [9.17, 15) is 10.1 Å². The van der Waals surface area contributed by atoms with Gasteiger partial charge in [0.05, 0.1) is 82.0 Å². The van der Waals surface area contributed by atoms with Crippen molar-refractivity contribution in [1.29, 1.82) is 0 Å². The number of rotatable bonds is 6. The first-order chi connectivity index (χ1) is 24.2. The molecule has 14 heteroatoms. The summed E-state index contributed by atoms with van der Waals surface area (Å²) in [5.74, 6) is 2.32. The average Bonchev–Trinajstić information content (AvgIpc) is 3.13. The van der Waals surface area contributed by atoms with Crippen molar-refractivity contribution in [2.24, 2.45) is 0 Å². The van der Waals surface area contributed by atoms with Crippen LogP contribution in [-0.2, 0) is 30.2 Å². The number of nitro benzene ring substituents is 1. The van der Waals surface area contributed by atoms with Crippen molar-refractivity contribution >= 4 is 34.0 Å². The van der Waals surface area contributed by atoms with Crippen LogP contribution >= 0.6 is 0 Å². The number of ether oxygens (including phenoxy) is 7. The molecular weight excluding hydrogens is 634 g/mol. The Kier molecular flexibility index (Phi) is 12.4. The Hall–Kier alpha value is -4.60. The standard InChI is InChI=1S/C35H41N5O9/c41-40(42)29-6-8-30-31(24-29)37-34(38-10-12-43-13-11-38)35(36-30)39(26-27-4-2-1-3-5-27)28-7-9-32-33(25-28)49-23-21-47-19-17-45-15-14-44-16-18-46-20-22-48-32/h1-9,24-25H,10-23,26H2. The number of fused-ring (bicyclic) bond motifs is 2. The van der Waals surface area contributed by atoms with Crippen molar-refractivity contribution in [3.8, 4) is 11.5 Å². The summed E-state index contributed by atoms with van der Waals surface area (Å²) in [6, 6.07) is 20.4. The number of hydrogen-bond donors (Lipinski definition) is 0. The predicted octanol–water partition coefficient (Wildman–Crippen LogP) is 4.55. The van der Waals surface area contributed by atoms with Gasteiger partial charge in [-0.3, -0.25) is 10.1 Å². The van der Waals surface area contributed by atoms with Crippen LogP contribution in [0.5, 0.6) is 11.5 Å². The Morgan fingerprint density at radius 1 is 0.653 bits per heavy atom. The molecule has 0 amide bonds. The second-order valence-electron chi connectivity index (χ2n) is 11.2. The van der Waals surface area contributed by atoms with Crippen LogP contribution < -0.4 is 19.3 Å². The highest BCUT2D eigenvalue weighted by atomic mass is 16.6. The van der Waals surface area contributed by atoms with Gasteiger partial charge in [-0.25, -0.2) is 9.97 Å². The first kappa shape index (κ1) is 34.3. The molecule has 1 saturated heterocycles. The van der Waals surface area contributed by atoms with Crippen LogP contribution in [0.4, 0.5) is 23.0 Å². The van der Waals surface area contributed by atoms with E-state index in [1.165, 1.54) is 12.1 Å². The van der Waals surface area contributed by atoms with E-state index in [-0.39, 0.29) is 5.69 Å². The van der Waals surface area contributed by atoms with Gasteiger partial charge >= 0.3 is 0 Å². The van der Waals surface area contributed by atoms with Gasteiger partial charge in [0.15, 0.2) is 23.1 Å². The fourth-order valence-electron chi connectivity index (χ4n) is 5.44. The molecule has 0 spiro atoms. The lowest BCUT2D eigenvalue weighted by Crippen LogP contribution is -2.38. The minimum atomic E-state index is -0.423. The average molecular weight is 676 g/mol. The molecule has 0 radical (unpaired) electrons. The monoisotopic (exact) mass is 675 g/mol. The zero-order chi connectivity index (χ0) is 33.7.